The number of carbonyl (C=O) groups is 1. The quantitative estimate of drug-likeness (QED) is 0.729. The van der Waals surface area contributed by atoms with Crippen LogP contribution in [-0.4, -0.2) is 13.1 Å². The lowest BCUT2D eigenvalue weighted by molar-refractivity contribution is 0.0606. The second-order valence-corrected chi connectivity index (χ2v) is 3.79. The van der Waals surface area contributed by atoms with Gasteiger partial charge in [0.1, 0.15) is 4.88 Å². The zero-order valence-electron chi connectivity index (χ0n) is 7.12. The molecule has 0 aliphatic carbocycles. The molecule has 72 valence electrons. The molecule has 0 unspecified atom stereocenters. The Morgan fingerprint density at radius 1 is 1.62 bits per heavy atom. The third-order valence-corrected chi connectivity index (χ3v) is 3.04. The van der Waals surface area contributed by atoms with Crippen LogP contribution in [0.1, 0.15) is 20.1 Å². The monoisotopic (exact) mass is 219 g/mol. The summed E-state index contributed by atoms with van der Waals surface area (Å²) in [5.74, 6) is -0.227. The summed E-state index contributed by atoms with van der Waals surface area (Å²) in [6, 6.07) is 1.91. The Balaban J connectivity index is 0.000000845. The summed E-state index contributed by atoms with van der Waals surface area (Å²) in [7, 11) is 1.41. The van der Waals surface area contributed by atoms with Gasteiger partial charge in [-0.2, -0.15) is 0 Å². The average molecular weight is 220 g/mol. The van der Waals surface area contributed by atoms with Crippen molar-refractivity contribution in [2.45, 2.75) is 13.1 Å². The molecule has 1 aliphatic rings. The molecule has 0 saturated heterocycles. The molecule has 0 amide bonds. The molecular weight excluding hydrogens is 210 g/mol. The largest absolute Gasteiger partial charge is 0.465 e. The number of halogens is 1. The predicted octanol–water partition coefficient (Wildman–Crippen LogP) is 1.56. The highest BCUT2D eigenvalue weighted by Crippen LogP contribution is 2.26. The van der Waals surface area contributed by atoms with E-state index in [0.29, 0.717) is 4.88 Å². The number of carbonyl (C=O) groups excluding carboxylic acids is 1. The van der Waals surface area contributed by atoms with Crippen molar-refractivity contribution in [1.82, 2.24) is 5.32 Å². The first kappa shape index (κ1) is 10.5. The van der Waals surface area contributed by atoms with E-state index in [2.05, 4.69) is 10.1 Å². The number of ether oxygens (including phenoxy) is 1. The van der Waals surface area contributed by atoms with Gasteiger partial charge in [-0.1, -0.05) is 0 Å². The summed E-state index contributed by atoms with van der Waals surface area (Å²) in [5, 5.41) is 3.21. The van der Waals surface area contributed by atoms with Crippen LogP contribution in [0.3, 0.4) is 0 Å². The normalized spacial score (nSPS) is 13.3. The van der Waals surface area contributed by atoms with E-state index in [1.807, 2.05) is 6.07 Å². The summed E-state index contributed by atoms with van der Waals surface area (Å²) in [6.07, 6.45) is 0. The third kappa shape index (κ3) is 1.85. The first-order valence-electron chi connectivity index (χ1n) is 3.72. The van der Waals surface area contributed by atoms with Gasteiger partial charge in [-0.3, -0.25) is 0 Å². The Morgan fingerprint density at radius 3 is 3.00 bits per heavy atom. The maximum atomic E-state index is 11.1. The maximum Gasteiger partial charge on any atom is 0.348 e. The number of nitrogens with one attached hydrogen (secondary N) is 1. The first-order valence-corrected chi connectivity index (χ1v) is 4.53. The number of hydrogen-bond donors (Lipinski definition) is 1. The summed E-state index contributed by atoms with van der Waals surface area (Å²) in [5.41, 5.74) is 1.24. The standard InChI is InChI=1S/C8H9NO2S.ClH/c1-11-8(10)6-2-5-3-9-4-7(5)12-6;/h2,9H,3-4H2,1H3;1H. The van der Waals surface area contributed by atoms with Crippen molar-refractivity contribution in [2.24, 2.45) is 0 Å². The molecular formula is C8H10ClNO2S. The molecule has 0 saturated carbocycles. The SMILES string of the molecule is COC(=O)c1cc2c(s1)CNC2.Cl. The summed E-state index contributed by atoms with van der Waals surface area (Å²) >= 11 is 1.52. The zero-order chi connectivity index (χ0) is 8.55. The van der Waals surface area contributed by atoms with E-state index in [1.54, 1.807) is 0 Å². The second-order valence-electron chi connectivity index (χ2n) is 2.65. The van der Waals surface area contributed by atoms with Crippen molar-refractivity contribution in [2.75, 3.05) is 7.11 Å². The van der Waals surface area contributed by atoms with Crippen LogP contribution in [0, 0.1) is 0 Å². The third-order valence-electron chi connectivity index (χ3n) is 1.88. The molecule has 2 heterocycles. The smallest absolute Gasteiger partial charge is 0.348 e. The van der Waals surface area contributed by atoms with Crippen molar-refractivity contribution in [3.05, 3.63) is 21.4 Å². The van der Waals surface area contributed by atoms with E-state index in [9.17, 15) is 4.79 Å². The topological polar surface area (TPSA) is 38.3 Å². The Morgan fingerprint density at radius 2 is 2.38 bits per heavy atom. The fourth-order valence-corrected chi connectivity index (χ4v) is 2.35. The fourth-order valence-electron chi connectivity index (χ4n) is 1.28. The van der Waals surface area contributed by atoms with Gasteiger partial charge in [0, 0.05) is 18.0 Å². The van der Waals surface area contributed by atoms with Crippen LogP contribution < -0.4 is 5.32 Å². The summed E-state index contributed by atoms with van der Waals surface area (Å²) in [6.45, 7) is 1.76. The Kier molecular flexibility index (Phi) is 3.30. The number of thiophene rings is 1. The van der Waals surface area contributed by atoms with Crippen LogP contribution >= 0.6 is 23.7 Å². The van der Waals surface area contributed by atoms with Crippen LogP contribution in [0.25, 0.3) is 0 Å². The van der Waals surface area contributed by atoms with E-state index in [-0.39, 0.29) is 18.4 Å². The molecule has 5 heteroatoms. The molecule has 13 heavy (non-hydrogen) atoms. The minimum atomic E-state index is -0.227. The average Bonchev–Trinajstić information content (AvgIpc) is 2.60. The number of rotatable bonds is 1. The molecule has 1 aromatic rings. The van der Waals surface area contributed by atoms with Gasteiger partial charge in [-0.05, 0) is 11.6 Å². The molecule has 0 aromatic carbocycles. The molecule has 1 N–H and O–H groups in total. The lowest BCUT2D eigenvalue weighted by atomic mass is 10.3. The molecule has 1 aromatic heterocycles. The summed E-state index contributed by atoms with van der Waals surface area (Å²) in [4.78, 5) is 13.1. The highest BCUT2D eigenvalue weighted by Gasteiger charge is 2.17. The fraction of sp³-hybridized carbons (Fsp3) is 0.375. The molecule has 0 radical (unpaired) electrons. The van der Waals surface area contributed by atoms with Crippen molar-refractivity contribution in [3.63, 3.8) is 0 Å². The molecule has 0 spiro atoms. The van der Waals surface area contributed by atoms with Gasteiger partial charge in [0.25, 0.3) is 0 Å². The molecule has 0 atom stereocenters. The van der Waals surface area contributed by atoms with Crippen molar-refractivity contribution >= 4 is 29.7 Å². The number of fused-ring (bicyclic) bond motifs is 1. The Labute approximate surface area is 86.5 Å². The number of hydrogen-bond acceptors (Lipinski definition) is 4. The number of esters is 1. The highest BCUT2D eigenvalue weighted by atomic mass is 35.5. The van der Waals surface area contributed by atoms with Crippen molar-refractivity contribution in [3.8, 4) is 0 Å². The Hall–Kier alpha value is -0.580. The van der Waals surface area contributed by atoms with Crippen LogP contribution in [0.15, 0.2) is 6.07 Å². The van der Waals surface area contributed by atoms with E-state index < -0.39 is 0 Å². The van der Waals surface area contributed by atoms with Crippen molar-refractivity contribution in [1.29, 1.82) is 0 Å². The minimum absolute atomic E-state index is 0. The lowest BCUT2D eigenvalue weighted by Gasteiger charge is -1.93. The van der Waals surface area contributed by atoms with Crippen LogP contribution in [-0.2, 0) is 17.8 Å². The van der Waals surface area contributed by atoms with Gasteiger partial charge in [0.2, 0.25) is 0 Å². The summed E-state index contributed by atoms with van der Waals surface area (Å²) < 4.78 is 4.62. The molecule has 0 bridgehead atoms. The van der Waals surface area contributed by atoms with Gasteiger partial charge in [-0.15, -0.1) is 23.7 Å². The minimum Gasteiger partial charge on any atom is -0.465 e. The van der Waals surface area contributed by atoms with Crippen LogP contribution in [0.4, 0.5) is 0 Å². The molecule has 3 nitrogen and oxygen atoms in total. The van der Waals surface area contributed by atoms with Gasteiger partial charge >= 0.3 is 5.97 Å². The van der Waals surface area contributed by atoms with E-state index >= 15 is 0 Å². The maximum absolute atomic E-state index is 11.1. The van der Waals surface area contributed by atoms with E-state index in [0.717, 1.165) is 13.1 Å². The van der Waals surface area contributed by atoms with Gasteiger partial charge < -0.3 is 10.1 Å². The van der Waals surface area contributed by atoms with Gasteiger partial charge in [-0.25, -0.2) is 4.79 Å². The Bertz CT molecular complexity index is 302. The van der Waals surface area contributed by atoms with Crippen LogP contribution in [0.2, 0.25) is 0 Å². The second kappa shape index (κ2) is 4.09. The lowest BCUT2D eigenvalue weighted by Crippen LogP contribution is -2.02. The first-order chi connectivity index (χ1) is 5.81. The zero-order valence-corrected chi connectivity index (χ0v) is 8.76. The molecule has 0 fully saturated rings. The molecule has 2 rings (SSSR count). The number of methoxy groups -OCH3 is 1. The van der Waals surface area contributed by atoms with Crippen molar-refractivity contribution < 1.29 is 9.53 Å². The highest BCUT2D eigenvalue weighted by molar-refractivity contribution is 7.14. The van der Waals surface area contributed by atoms with E-state index in [1.165, 1.54) is 28.9 Å². The predicted molar refractivity (Wildman–Crippen MR) is 53.5 cm³/mol. The van der Waals surface area contributed by atoms with E-state index in [4.69, 9.17) is 0 Å². The van der Waals surface area contributed by atoms with Gasteiger partial charge in [0.05, 0.1) is 7.11 Å². The van der Waals surface area contributed by atoms with Crippen LogP contribution in [0.5, 0.6) is 0 Å². The van der Waals surface area contributed by atoms with Gasteiger partial charge in [0.15, 0.2) is 0 Å². The molecule has 1 aliphatic heterocycles.